The van der Waals surface area contributed by atoms with Crippen molar-refractivity contribution in [2.75, 3.05) is 16.0 Å². The van der Waals surface area contributed by atoms with Gasteiger partial charge in [-0.3, -0.25) is 14.4 Å². The average Bonchev–Trinajstić information content (AvgIpc) is 3.34. The number of amides is 3. The van der Waals surface area contributed by atoms with Crippen LogP contribution in [0.3, 0.4) is 0 Å². The summed E-state index contributed by atoms with van der Waals surface area (Å²) in [6, 6.07) is 52.0. The Labute approximate surface area is 426 Å². The number of carboxylic acid groups (broad SMARTS) is 1. The van der Waals surface area contributed by atoms with Crippen molar-refractivity contribution in [3.8, 4) is 23.0 Å². The Hall–Kier alpha value is -7.12. The van der Waals surface area contributed by atoms with E-state index in [1.165, 1.54) is 24.3 Å². The highest BCUT2D eigenvalue weighted by atomic mass is 79.9. The van der Waals surface area contributed by atoms with Crippen LogP contribution in [0.25, 0.3) is 0 Å². The van der Waals surface area contributed by atoms with Crippen molar-refractivity contribution in [2.45, 2.75) is 13.8 Å². The molecular formula is C54H40BrCl4N3O7. The molecule has 0 fully saturated rings. The first kappa shape index (κ1) is 51.3. The smallest absolute Gasteiger partial charge is 0.337 e. The van der Waals surface area contributed by atoms with Gasteiger partial charge in [0.15, 0.2) is 0 Å². The lowest BCUT2D eigenvalue weighted by Gasteiger charge is -2.12. The van der Waals surface area contributed by atoms with E-state index in [0.717, 1.165) is 21.3 Å². The maximum absolute atomic E-state index is 12.4. The second kappa shape index (κ2) is 24.8. The molecule has 10 nitrogen and oxygen atoms in total. The van der Waals surface area contributed by atoms with Gasteiger partial charge in [-0.15, -0.1) is 0 Å². The molecule has 0 saturated carbocycles. The zero-order valence-corrected chi connectivity index (χ0v) is 41.2. The van der Waals surface area contributed by atoms with E-state index in [1.807, 2.05) is 80.6 Å². The lowest BCUT2D eigenvalue weighted by molar-refractivity contribution is 0.0697. The topological polar surface area (TPSA) is 143 Å². The van der Waals surface area contributed by atoms with Crippen LogP contribution in [-0.4, -0.2) is 28.8 Å². The third-order valence-corrected chi connectivity index (χ3v) is 11.3. The Balaban J connectivity index is 0.000000174. The highest BCUT2D eigenvalue weighted by Crippen LogP contribution is 2.35. The van der Waals surface area contributed by atoms with Crippen LogP contribution in [0.2, 0.25) is 20.1 Å². The third kappa shape index (κ3) is 15.2. The number of carbonyl (C=O) groups is 4. The normalized spacial score (nSPS) is 10.2. The molecule has 0 heterocycles. The van der Waals surface area contributed by atoms with Crippen molar-refractivity contribution < 1.29 is 33.8 Å². The minimum atomic E-state index is -1.17. The molecular weight excluding hydrogens is 1020 g/mol. The van der Waals surface area contributed by atoms with Crippen LogP contribution in [-0.2, 0) is 0 Å². The molecule has 0 radical (unpaired) electrons. The van der Waals surface area contributed by atoms with Gasteiger partial charge in [-0.25, -0.2) is 4.79 Å². The molecule has 0 aliphatic heterocycles. The molecule has 8 aromatic carbocycles. The minimum Gasteiger partial charge on any atom is -0.478 e. The van der Waals surface area contributed by atoms with Crippen molar-refractivity contribution in [2.24, 2.45) is 0 Å². The lowest BCUT2D eigenvalue weighted by Crippen LogP contribution is -2.14. The quantitative estimate of drug-likeness (QED) is 0.101. The molecule has 0 spiro atoms. The van der Waals surface area contributed by atoms with Gasteiger partial charge in [0, 0.05) is 54.7 Å². The Morgan fingerprint density at radius 1 is 0.449 bits per heavy atom. The highest BCUT2D eigenvalue weighted by molar-refractivity contribution is 9.10. The molecule has 0 aromatic heterocycles. The van der Waals surface area contributed by atoms with Crippen LogP contribution in [0.15, 0.2) is 186 Å². The number of anilines is 3. The van der Waals surface area contributed by atoms with Crippen molar-refractivity contribution in [3.05, 3.63) is 240 Å². The van der Waals surface area contributed by atoms with Crippen LogP contribution in [0.4, 0.5) is 17.1 Å². The molecule has 15 heteroatoms. The molecule has 8 rings (SSSR count). The first-order valence-electron chi connectivity index (χ1n) is 20.7. The van der Waals surface area contributed by atoms with Gasteiger partial charge >= 0.3 is 5.97 Å². The molecule has 0 unspecified atom stereocenters. The van der Waals surface area contributed by atoms with Gasteiger partial charge in [0.2, 0.25) is 0 Å². The Kier molecular flexibility index (Phi) is 18.4. The number of aromatic carboxylic acids is 1. The summed E-state index contributed by atoms with van der Waals surface area (Å²) in [5.74, 6) is -0.142. The van der Waals surface area contributed by atoms with Gasteiger partial charge in [-0.2, -0.15) is 0 Å². The zero-order chi connectivity index (χ0) is 49.5. The molecule has 69 heavy (non-hydrogen) atoms. The number of carboxylic acids is 1. The summed E-state index contributed by atoms with van der Waals surface area (Å²) in [7, 11) is 0. The number of ether oxygens (including phenoxy) is 2. The van der Waals surface area contributed by atoms with Crippen molar-refractivity contribution in [3.63, 3.8) is 0 Å². The maximum Gasteiger partial charge on any atom is 0.337 e. The molecule has 0 aliphatic carbocycles. The van der Waals surface area contributed by atoms with Crippen molar-refractivity contribution >= 4 is 103 Å². The van der Waals surface area contributed by atoms with E-state index in [2.05, 4.69) is 31.9 Å². The maximum atomic E-state index is 12.4. The highest BCUT2D eigenvalue weighted by Gasteiger charge is 2.16. The number of benzene rings is 8. The van der Waals surface area contributed by atoms with Gasteiger partial charge in [-0.1, -0.05) is 129 Å². The van der Waals surface area contributed by atoms with E-state index in [0.29, 0.717) is 65.5 Å². The fourth-order valence-corrected chi connectivity index (χ4v) is 7.38. The van der Waals surface area contributed by atoms with Crippen LogP contribution in [0, 0.1) is 13.8 Å². The molecule has 0 bridgehead atoms. The number of rotatable bonds is 11. The monoisotopic (exact) mass is 1060 g/mol. The van der Waals surface area contributed by atoms with Crippen LogP contribution >= 0.6 is 62.3 Å². The summed E-state index contributed by atoms with van der Waals surface area (Å²) in [6.07, 6.45) is 0. The summed E-state index contributed by atoms with van der Waals surface area (Å²) in [4.78, 5) is 48.1. The molecule has 0 saturated heterocycles. The summed E-state index contributed by atoms with van der Waals surface area (Å²) >= 11 is 27.4. The first-order valence-corrected chi connectivity index (χ1v) is 23.0. The Bertz CT molecular complexity index is 3110. The molecule has 348 valence electrons. The van der Waals surface area contributed by atoms with Crippen LogP contribution in [0.5, 0.6) is 23.0 Å². The first-order chi connectivity index (χ1) is 33.1. The second-order valence-electron chi connectivity index (χ2n) is 14.8. The molecule has 0 atom stereocenters. The summed E-state index contributed by atoms with van der Waals surface area (Å²) in [6.45, 7) is 3.88. The van der Waals surface area contributed by atoms with Gasteiger partial charge in [0.25, 0.3) is 17.7 Å². The summed E-state index contributed by atoms with van der Waals surface area (Å²) < 4.78 is 12.4. The van der Waals surface area contributed by atoms with E-state index in [9.17, 15) is 24.3 Å². The minimum absolute atomic E-state index is 0.0613. The number of hydrogen-bond acceptors (Lipinski definition) is 6. The molecule has 4 N–H and O–H groups in total. The second-order valence-corrected chi connectivity index (χ2v) is 17.4. The number of halogens is 5. The van der Waals surface area contributed by atoms with Gasteiger partial charge < -0.3 is 30.5 Å². The standard InChI is InChI=1S/C20H13Cl2NO4.C20H15Cl2NO2.C14H12BrNO/c21-13-6-9-18(16(22)10-13)27-14-7-8-15(20(25)26)17(11-14)23-19(24)12-4-2-1-3-5-12;1-13-7-9-16(25-19-10-8-15(21)11-17(19)22)12-18(13)23-20(24)14-5-3-2-4-6-14;1-10-7-8-12(15)9-13(10)16-14(17)11-5-3-2-4-6-11/h1-11H,(H,23,24)(H,25,26);2-12H,1H3,(H,23,24);2-9H,1H3,(H,16,17). The van der Waals surface area contributed by atoms with Gasteiger partial charge in [0.1, 0.15) is 23.0 Å². The van der Waals surface area contributed by atoms with Crippen molar-refractivity contribution in [1.29, 1.82) is 0 Å². The predicted octanol–water partition coefficient (Wildman–Crippen LogP) is 16.1. The largest absolute Gasteiger partial charge is 0.478 e. The molecule has 3 amide bonds. The predicted molar refractivity (Wildman–Crippen MR) is 280 cm³/mol. The zero-order valence-electron chi connectivity index (χ0n) is 36.6. The lowest BCUT2D eigenvalue weighted by atomic mass is 10.1. The van der Waals surface area contributed by atoms with Gasteiger partial charge in [-0.05, 0) is 128 Å². The number of aryl methyl sites for hydroxylation is 2. The fourth-order valence-electron chi connectivity index (χ4n) is 6.13. The van der Waals surface area contributed by atoms with E-state index in [-0.39, 0.29) is 23.1 Å². The van der Waals surface area contributed by atoms with Crippen molar-refractivity contribution in [1.82, 2.24) is 0 Å². The van der Waals surface area contributed by atoms with Crippen LogP contribution < -0.4 is 25.4 Å². The van der Waals surface area contributed by atoms with E-state index in [1.54, 1.807) is 91.0 Å². The number of hydrogen-bond donors (Lipinski definition) is 4. The number of carbonyl (C=O) groups excluding carboxylic acids is 3. The summed E-state index contributed by atoms with van der Waals surface area (Å²) in [5, 5.41) is 19.5. The third-order valence-electron chi connectivity index (χ3n) is 9.73. The van der Waals surface area contributed by atoms with Crippen LogP contribution in [0.1, 0.15) is 52.6 Å². The Morgan fingerprint density at radius 3 is 1.25 bits per heavy atom. The Morgan fingerprint density at radius 2 is 0.826 bits per heavy atom. The average molecular weight is 1060 g/mol. The molecule has 8 aromatic rings. The number of nitrogens with one attached hydrogen (secondary N) is 3. The van der Waals surface area contributed by atoms with E-state index in [4.69, 9.17) is 55.9 Å². The summed E-state index contributed by atoms with van der Waals surface area (Å²) in [5.41, 5.74) is 5.18. The fraction of sp³-hybridized carbons (Fsp3) is 0.0370. The van der Waals surface area contributed by atoms with E-state index < -0.39 is 11.9 Å². The molecule has 0 aliphatic rings. The van der Waals surface area contributed by atoms with Gasteiger partial charge in [0.05, 0.1) is 21.3 Å². The van der Waals surface area contributed by atoms with E-state index >= 15 is 0 Å². The SMILES string of the molecule is Cc1ccc(Br)cc1NC(=O)c1ccccc1.Cc1ccc(Oc2ccc(Cl)cc2Cl)cc1NC(=O)c1ccccc1.O=C(Nc1cc(Oc2ccc(Cl)cc2Cl)ccc1C(=O)O)c1ccccc1.